The molecule has 1 aliphatic rings. The first-order valence-corrected chi connectivity index (χ1v) is 8.66. The molecule has 1 aliphatic heterocycles. The Bertz CT molecular complexity index is 879. The first-order valence-electron chi connectivity index (χ1n) is 8.66. The molecule has 0 saturated carbocycles. The fraction of sp³-hybridized carbons (Fsp3) is 0.300. The van der Waals surface area contributed by atoms with Crippen molar-refractivity contribution < 1.29 is 13.5 Å². The van der Waals surface area contributed by atoms with Crippen molar-refractivity contribution in [1.29, 1.82) is 0 Å². The summed E-state index contributed by atoms with van der Waals surface area (Å²) in [5.74, 6) is 1.86. The van der Waals surface area contributed by atoms with Crippen molar-refractivity contribution in [3.8, 4) is 17.2 Å². The zero-order chi connectivity index (χ0) is 17.9. The number of aromatic nitrogens is 2. The first kappa shape index (κ1) is 16.7. The second-order valence-corrected chi connectivity index (χ2v) is 6.49. The van der Waals surface area contributed by atoms with E-state index in [1.807, 2.05) is 36.4 Å². The van der Waals surface area contributed by atoms with Gasteiger partial charge < -0.3 is 9.15 Å². The van der Waals surface area contributed by atoms with Gasteiger partial charge in [-0.3, -0.25) is 4.90 Å². The summed E-state index contributed by atoms with van der Waals surface area (Å²) in [6.45, 7) is 2.60. The lowest BCUT2D eigenvalue weighted by Gasteiger charge is -2.15. The van der Waals surface area contributed by atoms with E-state index in [4.69, 9.17) is 9.15 Å². The number of rotatable bonds is 5. The van der Waals surface area contributed by atoms with Crippen LogP contribution in [-0.2, 0) is 6.54 Å². The van der Waals surface area contributed by atoms with Gasteiger partial charge >= 0.3 is 0 Å². The van der Waals surface area contributed by atoms with Crippen molar-refractivity contribution in [3.05, 3.63) is 65.8 Å². The zero-order valence-electron chi connectivity index (χ0n) is 14.6. The van der Waals surface area contributed by atoms with Crippen LogP contribution in [0.5, 0.6) is 5.75 Å². The van der Waals surface area contributed by atoms with Crippen LogP contribution in [0.4, 0.5) is 4.39 Å². The standard InChI is InChI=1S/C20H20FN3O2/c1-25-18-5-3-2-4-17(18)20-23-22-19(26-20)15-10-11-24(13-15)12-14-6-8-16(21)9-7-14/h2-9,15H,10-13H2,1H3. The van der Waals surface area contributed by atoms with Gasteiger partial charge in [0.2, 0.25) is 5.89 Å². The Morgan fingerprint density at radius 1 is 1.15 bits per heavy atom. The van der Waals surface area contributed by atoms with Gasteiger partial charge in [-0.25, -0.2) is 4.39 Å². The zero-order valence-corrected chi connectivity index (χ0v) is 14.6. The molecule has 1 atom stereocenters. The molecule has 3 aromatic rings. The summed E-state index contributed by atoms with van der Waals surface area (Å²) < 4.78 is 24.3. The lowest BCUT2D eigenvalue weighted by molar-refractivity contribution is 0.320. The van der Waals surface area contributed by atoms with Gasteiger partial charge in [-0.2, -0.15) is 0 Å². The van der Waals surface area contributed by atoms with Gasteiger partial charge in [-0.1, -0.05) is 24.3 Å². The van der Waals surface area contributed by atoms with E-state index in [0.29, 0.717) is 17.5 Å². The molecule has 0 aliphatic carbocycles. The molecule has 1 saturated heterocycles. The maximum absolute atomic E-state index is 13.0. The number of halogens is 1. The predicted molar refractivity (Wildman–Crippen MR) is 95.3 cm³/mol. The maximum Gasteiger partial charge on any atom is 0.251 e. The van der Waals surface area contributed by atoms with E-state index in [1.165, 1.54) is 12.1 Å². The topological polar surface area (TPSA) is 51.4 Å². The minimum atomic E-state index is -0.206. The van der Waals surface area contributed by atoms with Gasteiger partial charge in [0.25, 0.3) is 5.89 Å². The number of hydrogen-bond donors (Lipinski definition) is 0. The minimum Gasteiger partial charge on any atom is -0.496 e. The molecule has 4 rings (SSSR count). The predicted octanol–water partition coefficient (Wildman–Crippen LogP) is 3.87. The smallest absolute Gasteiger partial charge is 0.251 e. The summed E-state index contributed by atoms with van der Waals surface area (Å²) in [7, 11) is 1.63. The first-order chi connectivity index (χ1) is 12.7. The third-order valence-corrected chi connectivity index (χ3v) is 4.72. The molecule has 0 bridgehead atoms. The van der Waals surface area contributed by atoms with E-state index < -0.39 is 0 Å². The van der Waals surface area contributed by atoms with Crippen molar-refractivity contribution >= 4 is 0 Å². The molecule has 1 aromatic heterocycles. The van der Waals surface area contributed by atoms with Crippen molar-refractivity contribution in [2.75, 3.05) is 20.2 Å². The van der Waals surface area contributed by atoms with Crippen LogP contribution < -0.4 is 4.74 Å². The molecule has 1 unspecified atom stereocenters. The van der Waals surface area contributed by atoms with Crippen LogP contribution in [0.25, 0.3) is 11.5 Å². The highest BCUT2D eigenvalue weighted by Crippen LogP contribution is 2.32. The van der Waals surface area contributed by atoms with Gasteiger partial charge in [0.05, 0.1) is 18.6 Å². The van der Waals surface area contributed by atoms with Gasteiger partial charge in [0.15, 0.2) is 0 Å². The number of ether oxygens (including phenoxy) is 1. The number of nitrogens with zero attached hydrogens (tertiary/aromatic N) is 3. The van der Waals surface area contributed by atoms with E-state index in [1.54, 1.807) is 7.11 Å². The fourth-order valence-electron chi connectivity index (χ4n) is 3.36. The summed E-state index contributed by atoms with van der Waals surface area (Å²) in [6.07, 6.45) is 0.967. The van der Waals surface area contributed by atoms with E-state index in [0.717, 1.165) is 37.2 Å². The number of benzene rings is 2. The second-order valence-electron chi connectivity index (χ2n) is 6.49. The lowest BCUT2D eigenvalue weighted by atomic mass is 10.1. The van der Waals surface area contributed by atoms with Crippen molar-refractivity contribution in [2.45, 2.75) is 18.9 Å². The van der Waals surface area contributed by atoms with Gasteiger partial charge in [-0.15, -0.1) is 10.2 Å². The Balaban J connectivity index is 1.44. The largest absolute Gasteiger partial charge is 0.496 e. The summed E-state index contributed by atoms with van der Waals surface area (Å²) in [6, 6.07) is 14.3. The van der Waals surface area contributed by atoms with E-state index in [-0.39, 0.29) is 11.7 Å². The van der Waals surface area contributed by atoms with Gasteiger partial charge in [0.1, 0.15) is 11.6 Å². The summed E-state index contributed by atoms with van der Waals surface area (Å²) in [5.41, 5.74) is 1.90. The molecule has 134 valence electrons. The fourth-order valence-corrected chi connectivity index (χ4v) is 3.36. The molecule has 1 fully saturated rings. The molecule has 0 N–H and O–H groups in total. The monoisotopic (exact) mass is 353 g/mol. The molecular formula is C20H20FN3O2. The average Bonchev–Trinajstić information content (AvgIpc) is 3.33. The number of para-hydroxylation sites is 1. The Labute approximate surface area is 151 Å². The van der Waals surface area contributed by atoms with Crippen molar-refractivity contribution in [2.24, 2.45) is 0 Å². The molecule has 2 aromatic carbocycles. The highest BCUT2D eigenvalue weighted by atomic mass is 19.1. The third-order valence-electron chi connectivity index (χ3n) is 4.72. The molecule has 26 heavy (non-hydrogen) atoms. The summed E-state index contributed by atoms with van der Waals surface area (Å²) in [5, 5.41) is 8.46. The quantitative estimate of drug-likeness (QED) is 0.697. The summed E-state index contributed by atoms with van der Waals surface area (Å²) in [4.78, 5) is 2.32. The number of likely N-dealkylation sites (tertiary alicyclic amines) is 1. The maximum atomic E-state index is 13.0. The van der Waals surface area contributed by atoms with E-state index >= 15 is 0 Å². The molecule has 0 radical (unpaired) electrons. The van der Waals surface area contributed by atoms with Crippen LogP contribution in [0.1, 0.15) is 23.8 Å². The number of hydrogen-bond acceptors (Lipinski definition) is 5. The van der Waals surface area contributed by atoms with Crippen LogP contribution in [-0.4, -0.2) is 35.3 Å². The van der Waals surface area contributed by atoms with Crippen LogP contribution in [0.3, 0.4) is 0 Å². The highest BCUT2D eigenvalue weighted by molar-refractivity contribution is 5.62. The van der Waals surface area contributed by atoms with Gasteiger partial charge in [-0.05, 0) is 42.8 Å². The SMILES string of the molecule is COc1ccccc1-c1nnc(C2CCN(Cc3ccc(F)cc3)C2)o1. The van der Waals surface area contributed by atoms with Crippen LogP contribution in [0.15, 0.2) is 52.9 Å². The summed E-state index contributed by atoms with van der Waals surface area (Å²) >= 11 is 0. The second kappa shape index (κ2) is 7.25. The molecule has 2 heterocycles. The number of methoxy groups -OCH3 is 1. The van der Waals surface area contributed by atoms with Crippen molar-refractivity contribution in [1.82, 2.24) is 15.1 Å². The molecule has 5 nitrogen and oxygen atoms in total. The molecule has 0 spiro atoms. The van der Waals surface area contributed by atoms with Crippen molar-refractivity contribution in [3.63, 3.8) is 0 Å². The third kappa shape index (κ3) is 3.46. The highest BCUT2D eigenvalue weighted by Gasteiger charge is 2.28. The minimum absolute atomic E-state index is 0.206. The molecule has 0 amide bonds. The Kier molecular flexibility index (Phi) is 4.67. The lowest BCUT2D eigenvalue weighted by Crippen LogP contribution is -2.19. The molecular weight excluding hydrogens is 333 g/mol. The van der Waals surface area contributed by atoms with Gasteiger partial charge in [0, 0.05) is 13.1 Å². The average molecular weight is 353 g/mol. The Hall–Kier alpha value is -2.73. The molecule has 6 heteroatoms. The Morgan fingerprint density at radius 3 is 2.77 bits per heavy atom. The normalized spacial score (nSPS) is 17.5. The van der Waals surface area contributed by atoms with E-state index in [9.17, 15) is 4.39 Å². The van der Waals surface area contributed by atoms with Crippen LogP contribution in [0.2, 0.25) is 0 Å². The van der Waals surface area contributed by atoms with E-state index in [2.05, 4.69) is 15.1 Å². The Morgan fingerprint density at radius 2 is 1.96 bits per heavy atom. The van der Waals surface area contributed by atoms with Crippen LogP contribution in [0, 0.1) is 5.82 Å². The van der Waals surface area contributed by atoms with Crippen LogP contribution >= 0.6 is 0 Å².